The number of nitrogens with zero attached hydrogens (tertiary/aromatic N) is 3. The van der Waals surface area contributed by atoms with E-state index >= 15 is 0 Å². The molecular formula is C18H24N4S2. The van der Waals surface area contributed by atoms with E-state index in [1.807, 2.05) is 0 Å². The number of anilines is 1. The monoisotopic (exact) mass is 360 g/mol. The van der Waals surface area contributed by atoms with Crippen LogP contribution >= 0.6 is 23.6 Å². The Morgan fingerprint density at radius 2 is 1.83 bits per heavy atom. The summed E-state index contributed by atoms with van der Waals surface area (Å²) < 4.78 is 1.27. The summed E-state index contributed by atoms with van der Waals surface area (Å²) in [6.07, 6.45) is 6.60. The van der Waals surface area contributed by atoms with E-state index in [4.69, 9.17) is 17.2 Å². The van der Waals surface area contributed by atoms with E-state index in [0.29, 0.717) is 6.04 Å². The molecule has 2 aromatic rings. The highest BCUT2D eigenvalue weighted by molar-refractivity contribution is 7.80. The Balaban J connectivity index is 1.33. The van der Waals surface area contributed by atoms with E-state index in [9.17, 15) is 0 Å². The van der Waals surface area contributed by atoms with Crippen molar-refractivity contribution in [1.29, 1.82) is 0 Å². The summed E-state index contributed by atoms with van der Waals surface area (Å²) in [6.45, 7) is 3.95. The number of thiazole rings is 1. The topological polar surface area (TPSA) is 31.4 Å². The van der Waals surface area contributed by atoms with Gasteiger partial charge in [-0.2, -0.15) is 0 Å². The number of rotatable bonds is 2. The molecule has 1 aliphatic carbocycles. The number of thiocarbonyl (C=S) groups is 1. The number of para-hydroxylation sites is 1. The van der Waals surface area contributed by atoms with Crippen LogP contribution < -0.4 is 10.2 Å². The molecule has 0 spiro atoms. The average molecular weight is 361 g/mol. The molecule has 2 aliphatic rings. The molecule has 6 heteroatoms. The Bertz CT molecular complexity index is 667. The Labute approximate surface area is 152 Å². The maximum atomic E-state index is 5.65. The molecule has 1 aliphatic heterocycles. The van der Waals surface area contributed by atoms with Gasteiger partial charge in [0.1, 0.15) is 0 Å². The van der Waals surface area contributed by atoms with Crippen LogP contribution in [0.25, 0.3) is 10.2 Å². The van der Waals surface area contributed by atoms with E-state index in [2.05, 4.69) is 39.4 Å². The largest absolute Gasteiger partial charge is 0.360 e. The quantitative estimate of drug-likeness (QED) is 0.827. The number of fused-ring (bicyclic) bond motifs is 1. The molecule has 0 atom stereocenters. The van der Waals surface area contributed by atoms with Crippen LogP contribution in [0.2, 0.25) is 0 Å². The van der Waals surface area contributed by atoms with Gasteiger partial charge >= 0.3 is 0 Å². The van der Waals surface area contributed by atoms with Crippen LogP contribution in [0.4, 0.5) is 5.13 Å². The smallest absolute Gasteiger partial charge is 0.186 e. The Morgan fingerprint density at radius 3 is 2.58 bits per heavy atom. The van der Waals surface area contributed by atoms with Crippen molar-refractivity contribution in [2.75, 3.05) is 31.1 Å². The molecule has 128 valence electrons. The van der Waals surface area contributed by atoms with Gasteiger partial charge in [-0.1, -0.05) is 42.7 Å². The summed E-state index contributed by atoms with van der Waals surface area (Å²) in [5.41, 5.74) is 1.11. The molecule has 2 fully saturated rings. The maximum absolute atomic E-state index is 5.65. The Kier molecular flexibility index (Phi) is 4.85. The maximum Gasteiger partial charge on any atom is 0.186 e. The van der Waals surface area contributed by atoms with Crippen molar-refractivity contribution < 1.29 is 0 Å². The van der Waals surface area contributed by atoms with Crippen LogP contribution in [-0.4, -0.2) is 47.2 Å². The molecule has 24 heavy (non-hydrogen) atoms. The highest BCUT2D eigenvalue weighted by Crippen LogP contribution is 2.29. The molecule has 2 heterocycles. The van der Waals surface area contributed by atoms with Gasteiger partial charge in [-0.3, -0.25) is 0 Å². The highest BCUT2D eigenvalue weighted by atomic mass is 32.1. The Morgan fingerprint density at radius 1 is 1.08 bits per heavy atom. The second kappa shape index (κ2) is 7.23. The lowest BCUT2D eigenvalue weighted by Crippen LogP contribution is -2.53. The molecule has 1 saturated heterocycles. The minimum atomic E-state index is 0.591. The second-order valence-corrected chi connectivity index (χ2v) is 8.12. The standard InChI is InChI=1S/C18H24N4S2/c23-17(19-14-6-2-1-3-7-14)21-10-12-22(13-11-21)18-20-15-8-4-5-9-16(15)24-18/h4-5,8-9,14H,1-3,6-7,10-13H2,(H,19,23). The van der Waals surface area contributed by atoms with E-state index < -0.39 is 0 Å². The van der Waals surface area contributed by atoms with Gasteiger partial charge in [0.25, 0.3) is 0 Å². The summed E-state index contributed by atoms with van der Waals surface area (Å²) in [5.74, 6) is 0. The molecule has 1 aromatic heterocycles. The van der Waals surface area contributed by atoms with Gasteiger partial charge in [0.2, 0.25) is 0 Å². The molecule has 0 unspecified atom stereocenters. The fourth-order valence-electron chi connectivity index (χ4n) is 3.61. The van der Waals surface area contributed by atoms with Crippen LogP contribution in [0.5, 0.6) is 0 Å². The van der Waals surface area contributed by atoms with E-state index in [1.54, 1.807) is 11.3 Å². The zero-order chi connectivity index (χ0) is 16.4. The zero-order valence-electron chi connectivity index (χ0n) is 13.9. The van der Waals surface area contributed by atoms with Crippen molar-refractivity contribution in [3.8, 4) is 0 Å². The summed E-state index contributed by atoms with van der Waals surface area (Å²) >= 11 is 7.44. The van der Waals surface area contributed by atoms with Crippen LogP contribution in [0.1, 0.15) is 32.1 Å². The lowest BCUT2D eigenvalue weighted by Gasteiger charge is -2.37. The Hall–Kier alpha value is -1.40. The van der Waals surface area contributed by atoms with Crippen molar-refractivity contribution in [2.24, 2.45) is 0 Å². The molecule has 4 rings (SSSR count). The third-order valence-electron chi connectivity index (χ3n) is 5.05. The average Bonchev–Trinajstić information content (AvgIpc) is 3.07. The summed E-state index contributed by atoms with van der Waals surface area (Å²) in [4.78, 5) is 9.50. The van der Waals surface area contributed by atoms with Crippen molar-refractivity contribution >= 4 is 44.0 Å². The lowest BCUT2D eigenvalue weighted by molar-refractivity contribution is 0.355. The van der Waals surface area contributed by atoms with Gasteiger partial charge in [-0.25, -0.2) is 4.98 Å². The third-order valence-corrected chi connectivity index (χ3v) is 6.53. The highest BCUT2D eigenvalue weighted by Gasteiger charge is 2.23. The van der Waals surface area contributed by atoms with Crippen LogP contribution in [-0.2, 0) is 0 Å². The predicted octanol–water partition coefficient (Wildman–Crippen LogP) is 3.63. The first kappa shape index (κ1) is 16.1. The number of hydrogen-bond donors (Lipinski definition) is 1. The molecular weight excluding hydrogens is 336 g/mol. The zero-order valence-corrected chi connectivity index (χ0v) is 15.5. The number of aromatic nitrogens is 1. The molecule has 1 N–H and O–H groups in total. The number of nitrogens with one attached hydrogen (secondary N) is 1. The van der Waals surface area contributed by atoms with Gasteiger partial charge < -0.3 is 15.1 Å². The van der Waals surface area contributed by atoms with Gasteiger partial charge in [0.05, 0.1) is 10.2 Å². The lowest BCUT2D eigenvalue weighted by atomic mass is 9.96. The molecule has 4 nitrogen and oxygen atoms in total. The van der Waals surface area contributed by atoms with Gasteiger partial charge in [-0.15, -0.1) is 0 Å². The van der Waals surface area contributed by atoms with Crippen molar-refractivity contribution in [3.05, 3.63) is 24.3 Å². The van der Waals surface area contributed by atoms with E-state index in [1.165, 1.54) is 36.8 Å². The first-order valence-electron chi connectivity index (χ1n) is 8.95. The summed E-state index contributed by atoms with van der Waals surface area (Å²) in [6, 6.07) is 8.97. The number of piperazine rings is 1. The minimum Gasteiger partial charge on any atom is -0.360 e. The molecule has 0 bridgehead atoms. The second-order valence-electron chi connectivity index (χ2n) is 6.72. The summed E-state index contributed by atoms with van der Waals surface area (Å²) in [5, 5.41) is 5.68. The first-order valence-corrected chi connectivity index (χ1v) is 10.2. The number of hydrogen-bond acceptors (Lipinski definition) is 4. The predicted molar refractivity (Wildman–Crippen MR) is 106 cm³/mol. The molecule has 0 amide bonds. The normalized spacial score (nSPS) is 19.7. The van der Waals surface area contributed by atoms with Crippen LogP contribution in [0.15, 0.2) is 24.3 Å². The van der Waals surface area contributed by atoms with Gasteiger partial charge in [0.15, 0.2) is 10.2 Å². The van der Waals surface area contributed by atoms with E-state index in [-0.39, 0.29) is 0 Å². The fourth-order valence-corrected chi connectivity index (χ4v) is 4.98. The first-order chi connectivity index (χ1) is 11.8. The van der Waals surface area contributed by atoms with Gasteiger partial charge in [-0.05, 0) is 37.2 Å². The third kappa shape index (κ3) is 3.49. The van der Waals surface area contributed by atoms with Crippen molar-refractivity contribution in [2.45, 2.75) is 38.1 Å². The fraction of sp³-hybridized carbons (Fsp3) is 0.556. The molecule has 1 saturated carbocycles. The SMILES string of the molecule is S=C(NC1CCCCC1)N1CCN(c2nc3ccccc3s2)CC1. The van der Waals surface area contributed by atoms with Crippen molar-refractivity contribution in [3.63, 3.8) is 0 Å². The number of benzene rings is 1. The molecule has 1 aromatic carbocycles. The summed E-state index contributed by atoms with van der Waals surface area (Å²) in [7, 11) is 0. The minimum absolute atomic E-state index is 0.591. The molecule has 0 radical (unpaired) electrons. The van der Waals surface area contributed by atoms with E-state index in [0.717, 1.165) is 41.9 Å². The van der Waals surface area contributed by atoms with Gasteiger partial charge in [0, 0.05) is 32.2 Å². The van der Waals surface area contributed by atoms with Crippen molar-refractivity contribution in [1.82, 2.24) is 15.2 Å². The van der Waals surface area contributed by atoms with Crippen LogP contribution in [0, 0.1) is 0 Å². The van der Waals surface area contributed by atoms with Crippen LogP contribution in [0.3, 0.4) is 0 Å².